The first-order valence-electron chi connectivity index (χ1n) is 8.99. The minimum absolute atomic E-state index is 0.219. The van der Waals surface area contributed by atoms with Gasteiger partial charge in [-0.1, -0.05) is 48.5 Å². The second-order valence-electron chi connectivity index (χ2n) is 6.78. The molecule has 3 aromatic rings. The topological polar surface area (TPSA) is 40.6 Å². The highest BCUT2D eigenvalue weighted by Gasteiger charge is 2.28. The van der Waals surface area contributed by atoms with Crippen molar-refractivity contribution < 1.29 is 12.8 Å². The fourth-order valence-electron chi connectivity index (χ4n) is 3.47. The molecule has 1 fully saturated rings. The molecule has 0 unspecified atom stereocenters. The molecule has 0 N–H and O–H groups in total. The minimum atomic E-state index is -3.53. The Morgan fingerprint density at radius 1 is 0.815 bits per heavy atom. The van der Waals surface area contributed by atoms with Gasteiger partial charge in [-0.05, 0) is 29.0 Å². The van der Waals surface area contributed by atoms with Gasteiger partial charge in [0.1, 0.15) is 5.82 Å². The predicted molar refractivity (Wildman–Crippen MR) is 104 cm³/mol. The van der Waals surface area contributed by atoms with E-state index < -0.39 is 10.0 Å². The SMILES string of the molecule is O=S(=O)(c1ccc2ccccc2c1)N1CCN(Cc2ccccc2F)CC1. The van der Waals surface area contributed by atoms with E-state index in [1.807, 2.05) is 36.4 Å². The summed E-state index contributed by atoms with van der Waals surface area (Å²) in [7, 11) is -3.53. The summed E-state index contributed by atoms with van der Waals surface area (Å²) in [6.45, 7) is 2.48. The third-order valence-electron chi connectivity index (χ3n) is 5.04. The summed E-state index contributed by atoms with van der Waals surface area (Å²) < 4.78 is 41.3. The second-order valence-corrected chi connectivity index (χ2v) is 8.72. The molecule has 0 spiro atoms. The van der Waals surface area contributed by atoms with Crippen molar-refractivity contribution in [2.75, 3.05) is 26.2 Å². The predicted octanol–water partition coefficient (Wildman–Crippen LogP) is 3.49. The summed E-state index contributed by atoms with van der Waals surface area (Å²) in [5, 5.41) is 1.93. The highest BCUT2D eigenvalue weighted by atomic mass is 32.2. The second kappa shape index (κ2) is 7.38. The number of sulfonamides is 1. The summed E-state index contributed by atoms with van der Waals surface area (Å²) in [4.78, 5) is 2.41. The van der Waals surface area contributed by atoms with Crippen molar-refractivity contribution >= 4 is 20.8 Å². The van der Waals surface area contributed by atoms with Crippen molar-refractivity contribution in [3.05, 3.63) is 78.1 Å². The maximum Gasteiger partial charge on any atom is 0.243 e. The first-order chi connectivity index (χ1) is 13.0. The van der Waals surface area contributed by atoms with Gasteiger partial charge in [-0.15, -0.1) is 0 Å². The van der Waals surface area contributed by atoms with Gasteiger partial charge >= 0.3 is 0 Å². The molecule has 0 aliphatic carbocycles. The number of nitrogens with zero attached hydrogens (tertiary/aromatic N) is 2. The van der Waals surface area contributed by atoms with Gasteiger partial charge in [0.2, 0.25) is 10.0 Å². The van der Waals surface area contributed by atoms with Crippen molar-refractivity contribution in [2.45, 2.75) is 11.4 Å². The molecule has 0 bridgehead atoms. The number of hydrogen-bond acceptors (Lipinski definition) is 3. The van der Waals surface area contributed by atoms with Crippen LogP contribution in [0.4, 0.5) is 4.39 Å². The average Bonchev–Trinajstić information content (AvgIpc) is 2.70. The molecule has 4 rings (SSSR count). The van der Waals surface area contributed by atoms with Crippen LogP contribution < -0.4 is 0 Å². The summed E-state index contributed by atoms with van der Waals surface area (Å²) in [6, 6.07) is 19.7. The number of rotatable bonds is 4. The molecule has 0 saturated carbocycles. The Balaban J connectivity index is 1.47. The van der Waals surface area contributed by atoms with Gasteiger partial charge in [-0.3, -0.25) is 4.90 Å². The van der Waals surface area contributed by atoms with E-state index in [-0.39, 0.29) is 5.82 Å². The lowest BCUT2D eigenvalue weighted by Crippen LogP contribution is -2.48. The number of halogens is 1. The molecule has 0 aromatic heterocycles. The Morgan fingerprint density at radius 2 is 1.48 bits per heavy atom. The number of piperazine rings is 1. The van der Waals surface area contributed by atoms with E-state index in [2.05, 4.69) is 4.90 Å². The van der Waals surface area contributed by atoms with Crippen LogP contribution in [0.15, 0.2) is 71.6 Å². The molecular formula is C21H21FN2O2S. The van der Waals surface area contributed by atoms with E-state index in [0.717, 1.165) is 10.8 Å². The highest BCUT2D eigenvalue weighted by Crippen LogP contribution is 2.23. The molecule has 140 valence electrons. The van der Waals surface area contributed by atoms with Gasteiger partial charge < -0.3 is 0 Å². The standard InChI is InChI=1S/C21H21FN2O2S/c22-21-8-4-3-7-19(21)16-23-11-13-24(14-12-23)27(25,26)20-10-9-17-5-1-2-6-18(17)15-20/h1-10,15H,11-14,16H2. The number of fused-ring (bicyclic) bond motifs is 1. The Hall–Kier alpha value is -2.28. The fraction of sp³-hybridized carbons (Fsp3) is 0.238. The van der Waals surface area contributed by atoms with Gasteiger partial charge in [0.05, 0.1) is 4.90 Å². The highest BCUT2D eigenvalue weighted by molar-refractivity contribution is 7.89. The molecule has 0 amide bonds. The van der Waals surface area contributed by atoms with Gasteiger partial charge in [0.25, 0.3) is 0 Å². The molecular weight excluding hydrogens is 363 g/mol. The van der Waals surface area contributed by atoms with E-state index in [4.69, 9.17) is 0 Å². The smallest absolute Gasteiger partial charge is 0.243 e. The molecule has 1 saturated heterocycles. The third kappa shape index (κ3) is 3.74. The van der Waals surface area contributed by atoms with Crippen LogP contribution in [0.1, 0.15) is 5.56 Å². The van der Waals surface area contributed by atoms with Crippen LogP contribution in [0, 0.1) is 5.82 Å². The molecule has 1 heterocycles. The molecule has 27 heavy (non-hydrogen) atoms. The van der Waals surface area contributed by atoms with Crippen LogP contribution in [-0.4, -0.2) is 43.8 Å². The Bertz CT molecular complexity index is 1060. The summed E-state index contributed by atoms with van der Waals surface area (Å²) >= 11 is 0. The molecule has 1 aliphatic heterocycles. The van der Waals surface area contributed by atoms with Crippen LogP contribution in [0.5, 0.6) is 0 Å². The van der Waals surface area contributed by atoms with Crippen molar-refractivity contribution in [3.8, 4) is 0 Å². The molecule has 6 heteroatoms. The van der Waals surface area contributed by atoms with Crippen molar-refractivity contribution in [1.82, 2.24) is 9.21 Å². The first kappa shape index (κ1) is 18.1. The van der Waals surface area contributed by atoms with E-state index >= 15 is 0 Å². The third-order valence-corrected chi connectivity index (χ3v) is 6.94. The van der Waals surface area contributed by atoms with Crippen LogP contribution in [0.25, 0.3) is 10.8 Å². The number of hydrogen-bond donors (Lipinski definition) is 0. The summed E-state index contributed by atoms with van der Waals surface area (Å²) in [5.74, 6) is -0.219. The van der Waals surface area contributed by atoms with Gasteiger partial charge in [-0.25, -0.2) is 12.8 Å². The molecule has 0 atom stereocenters. The van der Waals surface area contributed by atoms with E-state index in [1.165, 1.54) is 10.4 Å². The van der Waals surface area contributed by atoms with Crippen LogP contribution in [0.2, 0.25) is 0 Å². The summed E-state index contributed by atoms with van der Waals surface area (Å²) in [5.41, 5.74) is 0.642. The molecule has 0 radical (unpaired) electrons. The van der Waals surface area contributed by atoms with E-state index in [1.54, 1.807) is 24.3 Å². The Kier molecular flexibility index (Phi) is 4.95. The van der Waals surface area contributed by atoms with E-state index in [0.29, 0.717) is 43.2 Å². The minimum Gasteiger partial charge on any atom is -0.296 e. The van der Waals surface area contributed by atoms with Gasteiger partial charge in [0.15, 0.2) is 0 Å². The zero-order valence-corrected chi connectivity index (χ0v) is 15.7. The number of benzene rings is 3. The van der Waals surface area contributed by atoms with Crippen molar-refractivity contribution in [1.29, 1.82) is 0 Å². The van der Waals surface area contributed by atoms with Crippen molar-refractivity contribution in [3.63, 3.8) is 0 Å². The Labute approximate surface area is 158 Å². The quantitative estimate of drug-likeness (QED) is 0.691. The van der Waals surface area contributed by atoms with Crippen LogP contribution in [-0.2, 0) is 16.6 Å². The largest absolute Gasteiger partial charge is 0.296 e. The lowest BCUT2D eigenvalue weighted by atomic mass is 10.1. The monoisotopic (exact) mass is 384 g/mol. The Morgan fingerprint density at radius 3 is 2.22 bits per heavy atom. The van der Waals surface area contributed by atoms with E-state index in [9.17, 15) is 12.8 Å². The lowest BCUT2D eigenvalue weighted by Gasteiger charge is -2.34. The first-order valence-corrected chi connectivity index (χ1v) is 10.4. The maximum atomic E-state index is 13.8. The fourth-order valence-corrected chi connectivity index (χ4v) is 4.93. The van der Waals surface area contributed by atoms with Gasteiger partial charge in [-0.2, -0.15) is 4.31 Å². The van der Waals surface area contributed by atoms with Gasteiger partial charge in [0, 0.05) is 38.3 Å². The lowest BCUT2D eigenvalue weighted by molar-refractivity contribution is 0.180. The van der Waals surface area contributed by atoms with Crippen molar-refractivity contribution in [2.24, 2.45) is 0 Å². The molecule has 3 aromatic carbocycles. The molecule has 4 nitrogen and oxygen atoms in total. The molecule has 1 aliphatic rings. The average molecular weight is 384 g/mol. The zero-order valence-electron chi connectivity index (χ0n) is 14.9. The van der Waals surface area contributed by atoms with Crippen LogP contribution in [0.3, 0.4) is 0 Å². The normalized spacial score (nSPS) is 16.6. The summed E-state index contributed by atoms with van der Waals surface area (Å²) in [6.07, 6.45) is 0. The zero-order chi connectivity index (χ0) is 18.9. The van der Waals surface area contributed by atoms with Crippen LogP contribution >= 0.6 is 0 Å². The maximum absolute atomic E-state index is 13.8.